The van der Waals surface area contributed by atoms with Gasteiger partial charge in [-0.05, 0) is 48.2 Å². The van der Waals surface area contributed by atoms with E-state index in [1.54, 1.807) is 48.5 Å². The Morgan fingerprint density at radius 2 is 1.87 bits per heavy atom. The van der Waals surface area contributed by atoms with Gasteiger partial charge in [-0.3, -0.25) is 0 Å². The van der Waals surface area contributed by atoms with Crippen molar-refractivity contribution in [1.82, 2.24) is 4.98 Å². The van der Waals surface area contributed by atoms with Crippen LogP contribution in [0.3, 0.4) is 0 Å². The Balaban J connectivity index is 1.58. The average molecular weight is 472 g/mol. The summed E-state index contributed by atoms with van der Waals surface area (Å²) in [5.41, 5.74) is 2.63. The molecule has 31 heavy (non-hydrogen) atoms. The average Bonchev–Trinajstić information content (AvgIpc) is 3.16. The second-order valence-corrected chi connectivity index (χ2v) is 8.26. The molecule has 0 radical (unpaired) electrons. The van der Waals surface area contributed by atoms with Gasteiger partial charge in [0, 0.05) is 21.2 Å². The van der Waals surface area contributed by atoms with Crippen LogP contribution in [0, 0.1) is 0 Å². The van der Waals surface area contributed by atoms with Crippen LogP contribution in [0.5, 0.6) is 5.75 Å². The number of hydrogen-bond donors (Lipinski definition) is 1. The summed E-state index contributed by atoms with van der Waals surface area (Å²) in [5, 5.41) is 11.0. The summed E-state index contributed by atoms with van der Waals surface area (Å²) in [4.78, 5) is 16.2. The minimum Gasteiger partial charge on any atom is -0.488 e. The largest absolute Gasteiger partial charge is 0.488 e. The van der Waals surface area contributed by atoms with Crippen molar-refractivity contribution in [2.45, 2.75) is 11.8 Å². The van der Waals surface area contributed by atoms with Crippen LogP contribution in [0.2, 0.25) is 10.0 Å². The molecule has 0 aliphatic carbocycles. The first-order valence-corrected chi connectivity index (χ1v) is 10.7. The molecule has 4 rings (SSSR count). The number of ether oxygens (including phenoxy) is 1. The molecular weight excluding hydrogens is 457 g/mol. The lowest BCUT2D eigenvalue weighted by Crippen LogP contribution is -2.00. The number of para-hydroxylation sites is 3. The molecule has 0 spiro atoms. The molecule has 0 aliphatic heterocycles. The molecule has 0 aliphatic rings. The van der Waals surface area contributed by atoms with E-state index in [-0.39, 0.29) is 16.7 Å². The summed E-state index contributed by atoms with van der Waals surface area (Å²) < 4.78 is 11.5. The van der Waals surface area contributed by atoms with E-state index in [9.17, 15) is 9.90 Å². The number of benzene rings is 3. The maximum absolute atomic E-state index is 11.9. The van der Waals surface area contributed by atoms with Crippen LogP contribution >= 0.6 is 35.0 Å². The second kappa shape index (κ2) is 9.47. The SMILES string of the molecule is O=C(O)/C(=C/c1ccccc1OCc1ccc(Cl)cc1Cl)Sc1nc2ccccc2o1. The number of carboxylic acid groups (broad SMARTS) is 1. The lowest BCUT2D eigenvalue weighted by molar-refractivity contribution is -0.131. The molecule has 156 valence electrons. The van der Waals surface area contributed by atoms with Crippen molar-refractivity contribution >= 4 is 58.1 Å². The Kier molecular flexibility index (Phi) is 6.51. The van der Waals surface area contributed by atoms with Gasteiger partial charge >= 0.3 is 5.97 Å². The fourth-order valence-corrected chi connectivity index (χ4v) is 3.99. The van der Waals surface area contributed by atoms with Crippen LogP contribution < -0.4 is 4.74 Å². The number of thioether (sulfide) groups is 1. The van der Waals surface area contributed by atoms with E-state index < -0.39 is 5.97 Å². The Bertz CT molecular complexity index is 1250. The van der Waals surface area contributed by atoms with Crippen LogP contribution in [0.4, 0.5) is 0 Å². The molecule has 0 saturated heterocycles. The number of oxazole rings is 1. The first kappa shape index (κ1) is 21.3. The maximum Gasteiger partial charge on any atom is 0.342 e. The Morgan fingerprint density at radius 3 is 2.65 bits per heavy atom. The monoisotopic (exact) mass is 471 g/mol. The van der Waals surface area contributed by atoms with E-state index in [0.29, 0.717) is 32.5 Å². The highest BCUT2D eigenvalue weighted by Gasteiger charge is 2.16. The number of nitrogens with zero attached hydrogens (tertiary/aromatic N) is 1. The summed E-state index contributed by atoms with van der Waals surface area (Å²) in [6, 6.07) is 19.6. The van der Waals surface area contributed by atoms with Crippen LogP contribution in [-0.2, 0) is 11.4 Å². The standard InChI is InChI=1S/C23H15Cl2NO4S/c24-16-10-9-15(17(25)12-16)13-29-19-7-3-1-5-14(19)11-21(22(27)28)31-23-26-18-6-2-4-8-20(18)30-23/h1-12H,13H2,(H,27,28)/b21-11-. The fourth-order valence-electron chi connectivity index (χ4n) is 2.79. The number of carboxylic acids is 1. The first-order chi connectivity index (χ1) is 15.0. The van der Waals surface area contributed by atoms with Gasteiger partial charge in [0.1, 0.15) is 22.8 Å². The third-order valence-electron chi connectivity index (χ3n) is 4.29. The molecule has 5 nitrogen and oxygen atoms in total. The molecule has 1 heterocycles. The zero-order chi connectivity index (χ0) is 21.8. The molecule has 1 aromatic heterocycles. The number of fused-ring (bicyclic) bond motifs is 1. The smallest absolute Gasteiger partial charge is 0.342 e. The predicted octanol–water partition coefficient (Wildman–Crippen LogP) is 6.93. The van der Waals surface area contributed by atoms with E-state index in [2.05, 4.69) is 4.98 Å². The molecule has 0 bridgehead atoms. The molecule has 0 saturated carbocycles. The fraction of sp³-hybridized carbons (Fsp3) is 0.0435. The quantitative estimate of drug-likeness (QED) is 0.232. The zero-order valence-corrected chi connectivity index (χ0v) is 18.2. The Labute approximate surface area is 192 Å². The van der Waals surface area contributed by atoms with Crippen LogP contribution in [0.25, 0.3) is 17.2 Å². The van der Waals surface area contributed by atoms with E-state index in [0.717, 1.165) is 17.3 Å². The number of rotatable bonds is 7. The third kappa shape index (κ3) is 5.22. The molecular formula is C23H15Cl2NO4S. The predicted molar refractivity (Wildman–Crippen MR) is 123 cm³/mol. The Hall–Kier alpha value is -2.93. The normalized spacial score (nSPS) is 11.6. The van der Waals surface area contributed by atoms with Gasteiger partial charge in [-0.15, -0.1) is 0 Å². The summed E-state index contributed by atoms with van der Waals surface area (Å²) in [7, 11) is 0. The second-order valence-electron chi connectivity index (χ2n) is 6.43. The van der Waals surface area contributed by atoms with Gasteiger partial charge in [-0.2, -0.15) is 0 Å². The Morgan fingerprint density at radius 1 is 1.10 bits per heavy atom. The summed E-state index contributed by atoms with van der Waals surface area (Å²) in [5.74, 6) is -0.576. The van der Waals surface area contributed by atoms with Crippen molar-refractivity contribution < 1.29 is 19.1 Å². The number of halogens is 2. The molecule has 4 aromatic rings. The highest BCUT2D eigenvalue weighted by molar-refractivity contribution is 8.03. The van der Waals surface area contributed by atoms with E-state index in [1.165, 1.54) is 6.08 Å². The van der Waals surface area contributed by atoms with Crippen LogP contribution in [-0.4, -0.2) is 16.1 Å². The van der Waals surface area contributed by atoms with Gasteiger partial charge < -0.3 is 14.3 Å². The first-order valence-electron chi connectivity index (χ1n) is 9.14. The maximum atomic E-state index is 11.9. The molecule has 0 amide bonds. The molecule has 3 aromatic carbocycles. The van der Waals surface area contributed by atoms with Gasteiger partial charge in [-0.1, -0.05) is 59.6 Å². The van der Waals surface area contributed by atoms with E-state index in [4.69, 9.17) is 32.4 Å². The lowest BCUT2D eigenvalue weighted by atomic mass is 10.2. The highest BCUT2D eigenvalue weighted by atomic mass is 35.5. The number of hydrogen-bond acceptors (Lipinski definition) is 5. The van der Waals surface area contributed by atoms with Crippen LogP contribution in [0.1, 0.15) is 11.1 Å². The minimum atomic E-state index is -1.09. The lowest BCUT2D eigenvalue weighted by Gasteiger charge is -2.11. The van der Waals surface area contributed by atoms with Gasteiger partial charge in [0.2, 0.25) is 0 Å². The van der Waals surface area contributed by atoms with Crippen molar-refractivity contribution in [2.24, 2.45) is 0 Å². The molecule has 0 atom stereocenters. The van der Waals surface area contributed by atoms with Crippen molar-refractivity contribution in [3.63, 3.8) is 0 Å². The minimum absolute atomic E-state index is 0.0483. The molecule has 0 unspecified atom stereocenters. The van der Waals surface area contributed by atoms with Gasteiger partial charge in [0.15, 0.2) is 5.58 Å². The molecule has 0 fully saturated rings. The van der Waals surface area contributed by atoms with Crippen molar-refractivity contribution in [2.75, 3.05) is 0 Å². The molecule has 8 heteroatoms. The summed E-state index contributed by atoms with van der Waals surface area (Å²) in [6.45, 7) is 0.210. The number of aliphatic carboxylic acids is 1. The summed E-state index contributed by atoms with van der Waals surface area (Å²) in [6.07, 6.45) is 1.53. The highest BCUT2D eigenvalue weighted by Crippen LogP contribution is 2.33. The van der Waals surface area contributed by atoms with Crippen molar-refractivity contribution in [3.05, 3.63) is 92.8 Å². The van der Waals surface area contributed by atoms with Crippen molar-refractivity contribution in [3.8, 4) is 5.75 Å². The number of aromatic nitrogens is 1. The van der Waals surface area contributed by atoms with Crippen molar-refractivity contribution in [1.29, 1.82) is 0 Å². The van der Waals surface area contributed by atoms with Crippen LogP contribution in [0.15, 0.2) is 81.3 Å². The van der Waals surface area contributed by atoms with Gasteiger partial charge in [-0.25, -0.2) is 9.78 Å². The topological polar surface area (TPSA) is 72.6 Å². The summed E-state index contributed by atoms with van der Waals surface area (Å²) >= 11 is 13.1. The third-order valence-corrected chi connectivity index (χ3v) is 5.73. The van der Waals surface area contributed by atoms with E-state index in [1.807, 2.05) is 18.2 Å². The molecule has 1 N–H and O–H groups in total. The van der Waals surface area contributed by atoms with E-state index >= 15 is 0 Å². The number of carbonyl (C=O) groups is 1. The zero-order valence-electron chi connectivity index (χ0n) is 15.9. The van der Waals surface area contributed by atoms with Gasteiger partial charge in [0.25, 0.3) is 5.22 Å². The van der Waals surface area contributed by atoms with Gasteiger partial charge in [0.05, 0.1) is 0 Å².